The number of halogens is 1. The summed E-state index contributed by atoms with van der Waals surface area (Å²) >= 11 is 5.77. The highest BCUT2D eigenvalue weighted by Gasteiger charge is 1.96. The van der Waals surface area contributed by atoms with Crippen LogP contribution in [-0.2, 0) is 0 Å². The van der Waals surface area contributed by atoms with Crippen molar-refractivity contribution >= 4 is 17.3 Å². The average molecular weight is 197 g/mol. The van der Waals surface area contributed by atoms with E-state index in [9.17, 15) is 0 Å². The van der Waals surface area contributed by atoms with Crippen LogP contribution in [0.25, 0.3) is 0 Å². The van der Waals surface area contributed by atoms with Crippen molar-refractivity contribution in [2.75, 3.05) is 14.1 Å². The molecule has 0 unspecified atom stereocenters. The van der Waals surface area contributed by atoms with E-state index in [1.165, 1.54) is 0 Å². The van der Waals surface area contributed by atoms with E-state index in [0.29, 0.717) is 0 Å². The van der Waals surface area contributed by atoms with Gasteiger partial charge in [0.1, 0.15) is 0 Å². The fourth-order valence-electron chi connectivity index (χ4n) is 1.05. The molecule has 0 heterocycles. The van der Waals surface area contributed by atoms with Gasteiger partial charge in [0.2, 0.25) is 0 Å². The lowest BCUT2D eigenvalue weighted by Gasteiger charge is -2.07. The van der Waals surface area contributed by atoms with Gasteiger partial charge in [-0.1, -0.05) is 23.7 Å². The van der Waals surface area contributed by atoms with Crippen LogP contribution < -0.4 is 0 Å². The van der Waals surface area contributed by atoms with E-state index in [2.05, 4.69) is 5.10 Å². The van der Waals surface area contributed by atoms with Gasteiger partial charge in [-0.05, 0) is 24.6 Å². The Morgan fingerprint density at radius 2 is 1.77 bits per heavy atom. The lowest BCUT2D eigenvalue weighted by Crippen LogP contribution is -2.07. The molecule has 0 aliphatic carbocycles. The fraction of sp³-hybridized carbons (Fsp3) is 0.300. The van der Waals surface area contributed by atoms with E-state index in [1.54, 1.807) is 5.01 Å². The summed E-state index contributed by atoms with van der Waals surface area (Å²) in [7, 11) is 3.80. The summed E-state index contributed by atoms with van der Waals surface area (Å²) in [6.45, 7) is 1.98. The molecule has 0 atom stereocenters. The molecule has 0 aliphatic heterocycles. The van der Waals surface area contributed by atoms with Gasteiger partial charge in [0.25, 0.3) is 0 Å². The summed E-state index contributed by atoms with van der Waals surface area (Å²) in [5.41, 5.74) is 2.08. The molecule has 2 nitrogen and oxygen atoms in total. The Kier molecular flexibility index (Phi) is 3.32. The summed E-state index contributed by atoms with van der Waals surface area (Å²) in [5.74, 6) is 0. The minimum absolute atomic E-state index is 0.751. The first-order valence-electron chi connectivity index (χ1n) is 4.08. The van der Waals surface area contributed by atoms with Crippen LogP contribution in [0.2, 0.25) is 5.02 Å². The first-order valence-corrected chi connectivity index (χ1v) is 4.46. The number of hydrogen-bond acceptors (Lipinski definition) is 2. The molecule has 1 aromatic rings. The molecule has 1 aromatic carbocycles. The van der Waals surface area contributed by atoms with Crippen LogP contribution in [0.3, 0.4) is 0 Å². The Morgan fingerprint density at radius 1 is 1.23 bits per heavy atom. The molecule has 0 saturated heterocycles. The standard InChI is InChI=1S/C10H13ClN2/c1-8(12-13(2)3)9-4-6-10(11)7-5-9/h4-7H,1-3H3/b12-8-. The number of hydrazone groups is 1. The molecule has 1 rings (SSSR count). The van der Waals surface area contributed by atoms with Gasteiger partial charge >= 0.3 is 0 Å². The number of nitrogens with zero attached hydrogens (tertiary/aromatic N) is 2. The Bertz CT molecular complexity index is 301. The van der Waals surface area contributed by atoms with Crippen molar-refractivity contribution in [1.29, 1.82) is 0 Å². The van der Waals surface area contributed by atoms with Gasteiger partial charge in [0, 0.05) is 19.1 Å². The lowest BCUT2D eigenvalue weighted by molar-refractivity contribution is 0.438. The van der Waals surface area contributed by atoms with Gasteiger partial charge in [0.15, 0.2) is 0 Å². The zero-order valence-corrected chi connectivity index (χ0v) is 8.84. The van der Waals surface area contributed by atoms with E-state index in [-0.39, 0.29) is 0 Å². The predicted octanol–water partition coefficient (Wildman–Crippen LogP) is 2.63. The first-order chi connectivity index (χ1) is 6.09. The molecular weight excluding hydrogens is 184 g/mol. The number of benzene rings is 1. The van der Waals surface area contributed by atoms with Crippen molar-refractivity contribution in [2.45, 2.75) is 6.92 Å². The monoisotopic (exact) mass is 196 g/mol. The summed E-state index contributed by atoms with van der Waals surface area (Å²) in [6.07, 6.45) is 0. The molecule has 0 spiro atoms. The minimum Gasteiger partial charge on any atom is -0.303 e. The zero-order chi connectivity index (χ0) is 9.84. The van der Waals surface area contributed by atoms with Crippen LogP contribution >= 0.6 is 11.6 Å². The molecule has 0 radical (unpaired) electrons. The van der Waals surface area contributed by atoms with Crippen LogP contribution in [0, 0.1) is 0 Å². The quantitative estimate of drug-likeness (QED) is 0.525. The zero-order valence-electron chi connectivity index (χ0n) is 8.08. The van der Waals surface area contributed by atoms with Gasteiger partial charge in [0.05, 0.1) is 5.71 Å². The lowest BCUT2D eigenvalue weighted by atomic mass is 10.1. The molecule has 0 aromatic heterocycles. The summed E-state index contributed by atoms with van der Waals surface area (Å²) in [5, 5.41) is 6.82. The minimum atomic E-state index is 0.751. The van der Waals surface area contributed by atoms with E-state index in [4.69, 9.17) is 11.6 Å². The molecule has 0 fully saturated rings. The fourth-order valence-corrected chi connectivity index (χ4v) is 1.17. The van der Waals surface area contributed by atoms with Crippen molar-refractivity contribution in [3.05, 3.63) is 34.9 Å². The number of hydrogen-bond donors (Lipinski definition) is 0. The van der Waals surface area contributed by atoms with E-state index in [0.717, 1.165) is 16.3 Å². The Balaban J connectivity index is 2.89. The summed E-state index contributed by atoms with van der Waals surface area (Å²) in [6, 6.07) is 7.66. The highest BCUT2D eigenvalue weighted by Crippen LogP contribution is 2.10. The maximum Gasteiger partial charge on any atom is 0.0646 e. The largest absolute Gasteiger partial charge is 0.303 e. The second-order valence-corrected chi connectivity index (χ2v) is 3.48. The smallest absolute Gasteiger partial charge is 0.0646 e. The van der Waals surface area contributed by atoms with Crippen LogP contribution in [-0.4, -0.2) is 24.8 Å². The first kappa shape index (κ1) is 10.1. The molecule has 70 valence electrons. The van der Waals surface area contributed by atoms with E-state index >= 15 is 0 Å². The molecule has 0 bridgehead atoms. The van der Waals surface area contributed by atoms with Crippen LogP contribution in [0.15, 0.2) is 29.4 Å². The Labute approximate surface area is 83.8 Å². The van der Waals surface area contributed by atoms with Gasteiger partial charge in [-0.25, -0.2) is 0 Å². The maximum absolute atomic E-state index is 5.77. The van der Waals surface area contributed by atoms with Crippen LogP contribution in [0.1, 0.15) is 12.5 Å². The van der Waals surface area contributed by atoms with Crippen molar-refractivity contribution in [1.82, 2.24) is 5.01 Å². The second-order valence-electron chi connectivity index (χ2n) is 3.04. The molecule has 0 saturated carbocycles. The molecule has 3 heteroatoms. The van der Waals surface area contributed by atoms with E-state index < -0.39 is 0 Å². The summed E-state index contributed by atoms with van der Waals surface area (Å²) < 4.78 is 0. The van der Waals surface area contributed by atoms with Crippen molar-refractivity contribution in [2.24, 2.45) is 5.10 Å². The Hall–Kier alpha value is -1.02. The summed E-state index contributed by atoms with van der Waals surface area (Å²) in [4.78, 5) is 0. The third-order valence-electron chi connectivity index (χ3n) is 1.61. The van der Waals surface area contributed by atoms with Crippen molar-refractivity contribution in [3.8, 4) is 0 Å². The second kappa shape index (κ2) is 4.28. The third kappa shape index (κ3) is 3.07. The maximum atomic E-state index is 5.77. The molecule has 0 aliphatic rings. The van der Waals surface area contributed by atoms with Gasteiger partial charge in [-0.2, -0.15) is 5.10 Å². The van der Waals surface area contributed by atoms with Gasteiger partial charge in [-0.15, -0.1) is 0 Å². The normalized spacial score (nSPS) is 11.5. The van der Waals surface area contributed by atoms with Gasteiger partial charge < -0.3 is 5.01 Å². The highest BCUT2D eigenvalue weighted by atomic mass is 35.5. The number of rotatable bonds is 2. The van der Waals surface area contributed by atoms with Gasteiger partial charge in [-0.3, -0.25) is 0 Å². The van der Waals surface area contributed by atoms with Crippen molar-refractivity contribution in [3.63, 3.8) is 0 Å². The SMILES string of the molecule is C/C(=N/N(C)C)c1ccc(Cl)cc1. The molecule has 0 amide bonds. The van der Waals surface area contributed by atoms with Crippen LogP contribution in [0.5, 0.6) is 0 Å². The molecule has 0 N–H and O–H groups in total. The molecular formula is C10H13ClN2. The Morgan fingerprint density at radius 3 is 2.23 bits per heavy atom. The van der Waals surface area contributed by atoms with E-state index in [1.807, 2.05) is 45.3 Å². The van der Waals surface area contributed by atoms with Crippen molar-refractivity contribution < 1.29 is 0 Å². The highest BCUT2D eigenvalue weighted by molar-refractivity contribution is 6.30. The predicted molar refractivity (Wildman–Crippen MR) is 57.4 cm³/mol. The third-order valence-corrected chi connectivity index (χ3v) is 1.86. The topological polar surface area (TPSA) is 15.6 Å². The average Bonchev–Trinajstić information content (AvgIpc) is 2.04. The molecule has 13 heavy (non-hydrogen) atoms. The van der Waals surface area contributed by atoms with Crippen LogP contribution in [0.4, 0.5) is 0 Å².